The Labute approximate surface area is 208 Å². The molecule has 1 atom stereocenters. The van der Waals surface area contributed by atoms with E-state index in [1.165, 1.54) is 16.4 Å². The first-order chi connectivity index (χ1) is 16.6. The van der Waals surface area contributed by atoms with E-state index in [9.17, 15) is 17.6 Å². The van der Waals surface area contributed by atoms with Crippen molar-refractivity contribution in [1.82, 2.24) is 9.46 Å². The highest BCUT2D eigenvalue weighted by atomic mass is 35.5. The number of carbonyl (C=O) groups excluding carboxylic acids is 1. The van der Waals surface area contributed by atoms with Crippen molar-refractivity contribution >= 4 is 45.4 Å². The van der Waals surface area contributed by atoms with Crippen LogP contribution in [0.25, 0.3) is 12.2 Å². The molecule has 1 saturated heterocycles. The van der Waals surface area contributed by atoms with Crippen molar-refractivity contribution in [2.75, 3.05) is 18.4 Å². The van der Waals surface area contributed by atoms with E-state index in [1.807, 2.05) is 31.2 Å². The highest BCUT2D eigenvalue weighted by Gasteiger charge is 2.37. The van der Waals surface area contributed by atoms with Crippen LogP contribution in [0.4, 0.5) is 10.1 Å². The molecule has 0 aliphatic carbocycles. The molecule has 3 aromatic rings. The number of sulfonamides is 1. The standard InChI is InChI=1S/C25H25ClFN3O4S/c1-16-5-7-18(8-6-16)9-12-23-24(17(2)29-34-23)35(32,33)30-13-3-4-19(15-30)25(31)28-22-11-10-20(27)14-21(22)26/h5-12,14,19H,3-4,13,15H2,1-2H3,(H,28,31). The second-order valence-electron chi connectivity index (χ2n) is 8.52. The second kappa shape index (κ2) is 10.3. The molecule has 1 amide bonds. The molecule has 2 aromatic carbocycles. The predicted molar refractivity (Wildman–Crippen MR) is 133 cm³/mol. The van der Waals surface area contributed by atoms with E-state index in [4.69, 9.17) is 16.1 Å². The Hall–Kier alpha value is -3.01. The third-order valence-electron chi connectivity index (χ3n) is 5.88. The number of benzene rings is 2. The Balaban J connectivity index is 1.53. The van der Waals surface area contributed by atoms with Crippen molar-refractivity contribution in [3.63, 3.8) is 0 Å². The molecule has 0 radical (unpaired) electrons. The van der Waals surface area contributed by atoms with Crippen LogP contribution in [-0.4, -0.2) is 36.9 Å². The van der Waals surface area contributed by atoms with Crippen molar-refractivity contribution in [2.45, 2.75) is 31.6 Å². The molecule has 4 rings (SSSR count). The Morgan fingerprint density at radius 1 is 1.20 bits per heavy atom. The molecule has 1 aliphatic heterocycles. The number of hydrogen-bond donors (Lipinski definition) is 1. The zero-order valence-electron chi connectivity index (χ0n) is 19.3. The molecule has 0 saturated carbocycles. The summed E-state index contributed by atoms with van der Waals surface area (Å²) >= 11 is 6.01. The van der Waals surface area contributed by atoms with Crippen LogP contribution in [0.5, 0.6) is 0 Å². The number of aromatic nitrogens is 1. The molecule has 1 fully saturated rings. The molecule has 35 heavy (non-hydrogen) atoms. The highest BCUT2D eigenvalue weighted by molar-refractivity contribution is 7.89. The van der Waals surface area contributed by atoms with Gasteiger partial charge in [0.25, 0.3) is 0 Å². The first-order valence-corrected chi connectivity index (χ1v) is 12.9. The Bertz CT molecular complexity index is 1370. The third-order valence-corrected chi connectivity index (χ3v) is 8.22. The molecule has 1 unspecified atom stereocenters. The normalized spacial score (nSPS) is 17.1. The van der Waals surface area contributed by atoms with Gasteiger partial charge in [-0.2, -0.15) is 4.31 Å². The van der Waals surface area contributed by atoms with Gasteiger partial charge in [-0.1, -0.05) is 52.7 Å². The van der Waals surface area contributed by atoms with E-state index in [1.54, 1.807) is 19.1 Å². The van der Waals surface area contributed by atoms with Crippen molar-refractivity contribution < 1.29 is 22.1 Å². The monoisotopic (exact) mass is 517 g/mol. The molecule has 1 aliphatic rings. The van der Waals surface area contributed by atoms with Gasteiger partial charge >= 0.3 is 0 Å². The molecule has 0 spiro atoms. The lowest BCUT2D eigenvalue weighted by molar-refractivity contribution is -0.120. The van der Waals surface area contributed by atoms with E-state index < -0.39 is 21.8 Å². The van der Waals surface area contributed by atoms with E-state index in [0.717, 1.165) is 17.2 Å². The Morgan fingerprint density at radius 2 is 1.94 bits per heavy atom. The maximum atomic E-state index is 13.6. The van der Waals surface area contributed by atoms with Crippen LogP contribution in [0.3, 0.4) is 0 Å². The summed E-state index contributed by atoms with van der Waals surface area (Å²) in [6.45, 7) is 3.83. The van der Waals surface area contributed by atoms with Gasteiger partial charge in [0.05, 0.1) is 16.6 Å². The summed E-state index contributed by atoms with van der Waals surface area (Å²) in [5.74, 6) is -1.35. The summed E-state index contributed by atoms with van der Waals surface area (Å²) in [6.07, 6.45) is 4.37. The Kier molecular flexibility index (Phi) is 7.39. The zero-order valence-corrected chi connectivity index (χ0v) is 20.9. The maximum absolute atomic E-state index is 13.6. The fraction of sp³-hybridized carbons (Fsp3) is 0.280. The predicted octanol–water partition coefficient (Wildman–Crippen LogP) is 5.29. The molecule has 0 bridgehead atoms. The molecular formula is C25H25ClFN3O4S. The lowest BCUT2D eigenvalue weighted by Gasteiger charge is -2.31. The topological polar surface area (TPSA) is 92.5 Å². The molecule has 2 heterocycles. The van der Waals surface area contributed by atoms with Crippen LogP contribution in [0.1, 0.15) is 35.4 Å². The van der Waals surface area contributed by atoms with E-state index in [2.05, 4.69) is 10.5 Å². The fourth-order valence-electron chi connectivity index (χ4n) is 3.98. The van der Waals surface area contributed by atoms with Crippen LogP contribution in [-0.2, 0) is 14.8 Å². The minimum atomic E-state index is -3.97. The van der Waals surface area contributed by atoms with E-state index >= 15 is 0 Å². The van der Waals surface area contributed by atoms with E-state index in [0.29, 0.717) is 12.8 Å². The van der Waals surface area contributed by atoms with Crippen LogP contribution in [0, 0.1) is 25.6 Å². The van der Waals surface area contributed by atoms with Gasteiger partial charge < -0.3 is 9.84 Å². The van der Waals surface area contributed by atoms with Gasteiger partial charge in [0.2, 0.25) is 15.9 Å². The molecule has 10 heteroatoms. The number of amides is 1. The van der Waals surface area contributed by atoms with Gasteiger partial charge in [-0.15, -0.1) is 0 Å². The largest absolute Gasteiger partial charge is 0.355 e. The first-order valence-electron chi connectivity index (χ1n) is 11.1. The summed E-state index contributed by atoms with van der Waals surface area (Å²) in [7, 11) is -3.97. The van der Waals surface area contributed by atoms with Gasteiger partial charge in [-0.05, 0) is 56.5 Å². The second-order valence-corrected chi connectivity index (χ2v) is 10.8. The van der Waals surface area contributed by atoms with Gasteiger partial charge in [-0.3, -0.25) is 4.79 Å². The zero-order chi connectivity index (χ0) is 25.2. The third kappa shape index (κ3) is 5.63. The molecular weight excluding hydrogens is 493 g/mol. The average molecular weight is 518 g/mol. The smallest absolute Gasteiger partial charge is 0.248 e. The minimum absolute atomic E-state index is 0.00127. The number of rotatable bonds is 6. The SMILES string of the molecule is Cc1ccc(C=Cc2onc(C)c2S(=O)(=O)N2CCCC(C(=O)Nc3ccc(F)cc3Cl)C2)cc1. The quantitative estimate of drug-likeness (QED) is 0.479. The van der Waals surface area contributed by atoms with Gasteiger partial charge in [0, 0.05) is 13.1 Å². The molecule has 1 N–H and O–H groups in total. The van der Waals surface area contributed by atoms with Crippen LogP contribution >= 0.6 is 11.6 Å². The number of aryl methyl sites for hydroxylation is 2. The lowest BCUT2D eigenvalue weighted by Crippen LogP contribution is -2.43. The number of nitrogens with zero attached hydrogens (tertiary/aromatic N) is 2. The van der Waals surface area contributed by atoms with Crippen LogP contribution < -0.4 is 5.32 Å². The summed E-state index contributed by atoms with van der Waals surface area (Å²) in [4.78, 5) is 12.8. The van der Waals surface area contributed by atoms with Crippen molar-refractivity contribution in [2.24, 2.45) is 5.92 Å². The fourth-order valence-corrected chi connectivity index (χ4v) is 5.97. The maximum Gasteiger partial charge on any atom is 0.248 e. The summed E-state index contributed by atoms with van der Waals surface area (Å²) < 4.78 is 47.0. The highest BCUT2D eigenvalue weighted by Crippen LogP contribution is 2.30. The summed E-state index contributed by atoms with van der Waals surface area (Å²) in [5, 5.41) is 6.63. The number of anilines is 1. The summed E-state index contributed by atoms with van der Waals surface area (Å²) in [6, 6.07) is 11.4. The van der Waals surface area contributed by atoms with Crippen LogP contribution in [0.15, 0.2) is 51.9 Å². The van der Waals surface area contributed by atoms with Gasteiger partial charge in [0.1, 0.15) is 11.5 Å². The minimum Gasteiger partial charge on any atom is -0.355 e. The van der Waals surface area contributed by atoms with Crippen molar-refractivity contribution in [3.05, 3.63) is 75.9 Å². The summed E-state index contributed by atoms with van der Waals surface area (Å²) in [5.41, 5.74) is 2.53. The molecule has 7 nitrogen and oxygen atoms in total. The number of halogens is 2. The van der Waals surface area contributed by atoms with Crippen LogP contribution in [0.2, 0.25) is 5.02 Å². The average Bonchev–Trinajstić information content (AvgIpc) is 3.21. The first kappa shape index (κ1) is 25.1. The van der Waals surface area contributed by atoms with Gasteiger partial charge in [-0.25, -0.2) is 12.8 Å². The number of hydrogen-bond acceptors (Lipinski definition) is 5. The number of carbonyl (C=O) groups is 1. The van der Waals surface area contributed by atoms with Gasteiger partial charge in [0.15, 0.2) is 10.7 Å². The molecule has 1 aromatic heterocycles. The number of nitrogens with one attached hydrogen (secondary N) is 1. The van der Waals surface area contributed by atoms with E-state index in [-0.39, 0.29) is 46.1 Å². The van der Waals surface area contributed by atoms with Crippen molar-refractivity contribution in [1.29, 1.82) is 0 Å². The van der Waals surface area contributed by atoms with Crippen molar-refractivity contribution in [3.8, 4) is 0 Å². The Morgan fingerprint density at radius 3 is 2.66 bits per heavy atom. The molecule has 184 valence electrons. The lowest BCUT2D eigenvalue weighted by atomic mass is 9.98. The number of piperidine rings is 1.